The fourth-order valence-corrected chi connectivity index (χ4v) is 3.16. The Morgan fingerprint density at radius 2 is 1.75 bits per heavy atom. The molecule has 0 aliphatic heterocycles. The minimum absolute atomic E-state index is 0.201. The van der Waals surface area contributed by atoms with Crippen molar-refractivity contribution in [1.82, 2.24) is 0 Å². The molecule has 0 bridgehead atoms. The van der Waals surface area contributed by atoms with Crippen LogP contribution >= 0.6 is 0 Å². The second-order valence-corrected chi connectivity index (χ2v) is 7.24. The summed E-state index contributed by atoms with van der Waals surface area (Å²) in [5.41, 5.74) is 0.814. The molecule has 1 saturated carbocycles. The molecule has 0 radical (unpaired) electrons. The molecule has 0 aromatic heterocycles. The quantitative estimate of drug-likeness (QED) is 0.867. The zero-order chi connectivity index (χ0) is 14.8. The van der Waals surface area contributed by atoms with Crippen molar-refractivity contribution in [1.29, 1.82) is 0 Å². The molecule has 1 fully saturated rings. The summed E-state index contributed by atoms with van der Waals surface area (Å²) in [6, 6.07) is 6.03. The Morgan fingerprint density at radius 1 is 1.20 bits per heavy atom. The summed E-state index contributed by atoms with van der Waals surface area (Å²) >= 11 is 0. The van der Waals surface area contributed by atoms with Gasteiger partial charge in [0.05, 0.1) is 10.5 Å². The van der Waals surface area contributed by atoms with Gasteiger partial charge < -0.3 is 5.11 Å². The lowest BCUT2D eigenvalue weighted by molar-refractivity contribution is -0.130. The van der Waals surface area contributed by atoms with Gasteiger partial charge >= 0.3 is 5.97 Å². The van der Waals surface area contributed by atoms with Crippen LogP contribution in [0.5, 0.6) is 0 Å². The summed E-state index contributed by atoms with van der Waals surface area (Å²) < 4.78 is 22.8. The summed E-state index contributed by atoms with van der Waals surface area (Å²) in [6.45, 7) is 0. The van der Waals surface area contributed by atoms with Gasteiger partial charge in [0.1, 0.15) is 0 Å². The van der Waals surface area contributed by atoms with Crippen LogP contribution in [-0.2, 0) is 14.6 Å². The van der Waals surface area contributed by atoms with Gasteiger partial charge in [-0.3, -0.25) is 0 Å². The van der Waals surface area contributed by atoms with E-state index in [2.05, 4.69) is 0 Å². The van der Waals surface area contributed by atoms with Gasteiger partial charge in [-0.15, -0.1) is 0 Å². The summed E-state index contributed by atoms with van der Waals surface area (Å²) in [6.07, 6.45) is 7.28. The highest BCUT2D eigenvalue weighted by Crippen LogP contribution is 2.29. The molecule has 1 aliphatic rings. The highest BCUT2D eigenvalue weighted by Gasteiger charge is 2.18. The molecule has 1 aromatic rings. The number of rotatable bonds is 4. The minimum Gasteiger partial charge on any atom is -0.478 e. The van der Waals surface area contributed by atoms with E-state index in [1.807, 2.05) is 6.08 Å². The smallest absolute Gasteiger partial charge is 0.335 e. The van der Waals surface area contributed by atoms with Crippen LogP contribution in [0.2, 0.25) is 0 Å². The lowest BCUT2D eigenvalue weighted by Crippen LogP contribution is -2.03. The molecule has 108 valence electrons. The van der Waals surface area contributed by atoms with Crippen molar-refractivity contribution in [2.75, 3.05) is 6.26 Å². The number of sulfone groups is 1. The number of hydrogen-bond donors (Lipinski definition) is 1. The average Bonchev–Trinajstić information content (AvgIpc) is 2.87. The predicted molar refractivity (Wildman–Crippen MR) is 77.1 cm³/mol. The third-order valence-corrected chi connectivity index (χ3v) is 4.75. The first kappa shape index (κ1) is 14.8. The van der Waals surface area contributed by atoms with Crippen molar-refractivity contribution in [2.24, 2.45) is 5.92 Å². The van der Waals surface area contributed by atoms with Gasteiger partial charge in [-0.05, 0) is 36.5 Å². The normalized spacial score (nSPS) is 17.4. The third-order valence-electron chi connectivity index (χ3n) is 3.63. The van der Waals surface area contributed by atoms with Crippen molar-refractivity contribution in [3.8, 4) is 0 Å². The maximum Gasteiger partial charge on any atom is 0.335 e. The van der Waals surface area contributed by atoms with E-state index in [-0.39, 0.29) is 10.5 Å². The van der Waals surface area contributed by atoms with Crippen LogP contribution in [0.4, 0.5) is 0 Å². The van der Waals surface area contributed by atoms with Crippen LogP contribution in [0, 0.1) is 5.92 Å². The van der Waals surface area contributed by atoms with Gasteiger partial charge in [0, 0.05) is 6.26 Å². The minimum atomic E-state index is -3.25. The highest BCUT2D eigenvalue weighted by atomic mass is 32.2. The number of benzene rings is 1. The second-order valence-electron chi connectivity index (χ2n) is 5.23. The van der Waals surface area contributed by atoms with E-state index in [9.17, 15) is 18.3 Å². The monoisotopic (exact) mass is 294 g/mol. The van der Waals surface area contributed by atoms with E-state index in [1.165, 1.54) is 12.1 Å². The molecule has 5 heteroatoms. The molecule has 1 aliphatic carbocycles. The standard InChI is InChI=1S/C15H18O4S/c1-20(18,19)13-8-6-12(7-9-13)14(15(16)17)10-11-4-2-3-5-11/h6-11H,2-5H2,1H3,(H,16,17)/b14-10+. The van der Waals surface area contributed by atoms with Gasteiger partial charge in [-0.1, -0.05) is 31.1 Å². The summed E-state index contributed by atoms with van der Waals surface area (Å²) in [7, 11) is -3.25. The Hall–Kier alpha value is -1.62. The number of carboxylic acids is 1. The average molecular weight is 294 g/mol. The second kappa shape index (κ2) is 5.79. The largest absolute Gasteiger partial charge is 0.478 e. The van der Waals surface area contributed by atoms with E-state index >= 15 is 0 Å². The molecule has 0 amide bonds. The van der Waals surface area contributed by atoms with Crippen molar-refractivity contribution in [2.45, 2.75) is 30.6 Å². The van der Waals surface area contributed by atoms with E-state index in [4.69, 9.17) is 0 Å². The van der Waals surface area contributed by atoms with Crippen molar-refractivity contribution < 1.29 is 18.3 Å². The molecule has 0 heterocycles. The van der Waals surface area contributed by atoms with Crippen LogP contribution in [-0.4, -0.2) is 25.7 Å². The maximum absolute atomic E-state index is 11.4. The third kappa shape index (κ3) is 3.48. The molecule has 4 nitrogen and oxygen atoms in total. The van der Waals surface area contributed by atoms with Crippen LogP contribution < -0.4 is 0 Å². The zero-order valence-electron chi connectivity index (χ0n) is 11.4. The number of hydrogen-bond acceptors (Lipinski definition) is 3. The Labute approximate surface area is 119 Å². The maximum atomic E-state index is 11.4. The fourth-order valence-electron chi connectivity index (χ4n) is 2.53. The molecular formula is C15H18O4S. The van der Waals surface area contributed by atoms with Gasteiger partial charge in [-0.2, -0.15) is 0 Å². The summed E-state index contributed by atoms with van der Waals surface area (Å²) in [5.74, 6) is -0.653. The summed E-state index contributed by atoms with van der Waals surface area (Å²) in [4.78, 5) is 11.6. The number of carboxylic acid groups (broad SMARTS) is 1. The first-order valence-electron chi connectivity index (χ1n) is 6.63. The molecule has 20 heavy (non-hydrogen) atoms. The summed E-state index contributed by atoms with van der Waals surface area (Å²) in [5, 5.41) is 9.33. The SMILES string of the molecule is CS(=O)(=O)c1ccc(/C(=C\C2CCCC2)C(=O)O)cc1. The lowest BCUT2D eigenvalue weighted by atomic mass is 9.99. The predicted octanol–water partition coefficient (Wildman–Crippen LogP) is 2.75. The van der Waals surface area contributed by atoms with Crippen LogP contribution in [0.15, 0.2) is 35.2 Å². The van der Waals surface area contributed by atoms with E-state index < -0.39 is 15.8 Å². The topological polar surface area (TPSA) is 71.4 Å². The molecule has 1 N–H and O–H groups in total. The molecule has 1 aromatic carbocycles. The Morgan fingerprint density at radius 3 is 2.20 bits per heavy atom. The van der Waals surface area contributed by atoms with E-state index in [0.29, 0.717) is 11.5 Å². The number of allylic oxidation sites excluding steroid dienone is 1. The molecule has 2 rings (SSSR count). The fraction of sp³-hybridized carbons (Fsp3) is 0.400. The van der Waals surface area contributed by atoms with Gasteiger partial charge in [0.15, 0.2) is 9.84 Å². The number of carbonyl (C=O) groups is 1. The van der Waals surface area contributed by atoms with Crippen molar-refractivity contribution in [3.63, 3.8) is 0 Å². The van der Waals surface area contributed by atoms with Gasteiger partial charge in [0.2, 0.25) is 0 Å². The Balaban J connectivity index is 2.33. The zero-order valence-corrected chi connectivity index (χ0v) is 12.2. The first-order valence-corrected chi connectivity index (χ1v) is 8.52. The van der Waals surface area contributed by atoms with E-state index in [0.717, 1.165) is 31.9 Å². The number of aliphatic carboxylic acids is 1. The molecule has 0 atom stereocenters. The molecule has 0 spiro atoms. The molecule has 0 saturated heterocycles. The van der Waals surface area contributed by atoms with Crippen molar-refractivity contribution in [3.05, 3.63) is 35.9 Å². The van der Waals surface area contributed by atoms with Crippen LogP contribution in [0.25, 0.3) is 5.57 Å². The van der Waals surface area contributed by atoms with E-state index in [1.54, 1.807) is 12.1 Å². The van der Waals surface area contributed by atoms with Gasteiger partial charge in [0.25, 0.3) is 0 Å². The van der Waals surface area contributed by atoms with Crippen LogP contribution in [0.3, 0.4) is 0 Å². The highest BCUT2D eigenvalue weighted by molar-refractivity contribution is 7.90. The Bertz CT molecular complexity index is 620. The molecule has 0 unspecified atom stereocenters. The lowest BCUT2D eigenvalue weighted by Gasteiger charge is -2.08. The first-order chi connectivity index (χ1) is 9.38. The van der Waals surface area contributed by atoms with Gasteiger partial charge in [-0.25, -0.2) is 13.2 Å². The Kier molecular flexibility index (Phi) is 4.28. The molecular weight excluding hydrogens is 276 g/mol. The van der Waals surface area contributed by atoms with Crippen LogP contribution in [0.1, 0.15) is 31.2 Å². The van der Waals surface area contributed by atoms with Crippen molar-refractivity contribution >= 4 is 21.4 Å².